The number of nitrogens with one attached hydrogen (secondary N) is 1. The van der Waals surface area contributed by atoms with Gasteiger partial charge in [-0.3, -0.25) is 14.8 Å². The molecule has 0 saturated carbocycles. The van der Waals surface area contributed by atoms with Crippen LogP contribution in [-0.2, 0) is 13.9 Å². The number of rotatable bonds is 6. The summed E-state index contributed by atoms with van der Waals surface area (Å²) in [6.45, 7) is 0.402. The van der Waals surface area contributed by atoms with Gasteiger partial charge in [-0.1, -0.05) is 36.4 Å². The first-order valence-corrected chi connectivity index (χ1v) is 10.3. The monoisotopic (exact) mass is 387 g/mol. The minimum atomic E-state index is -3.63. The van der Waals surface area contributed by atoms with Gasteiger partial charge in [-0.25, -0.2) is 0 Å². The van der Waals surface area contributed by atoms with Crippen LogP contribution in [0.5, 0.6) is 0 Å². The average molecular weight is 387 g/mol. The number of hydrogen-bond acceptors (Lipinski definition) is 4. The van der Waals surface area contributed by atoms with Gasteiger partial charge in [0.05, 0.1) is 6.16 Å². The first-order valence-electron chi connectivity index (χ1n) is 8.52. The van der Waals surface area contributed by atoms with Crippen molar-refractivity contribution in [3.8, 4) is 11.1 Å². The normalized spacial score (nSPS) is 19.1. The van der Waals surface area contributed by atoms with Crippen LogP contribution in [0.4, 0.5) is 5.69 Å². The molecule has 1 aliphatic heterocycles. The molecule has 0 aromatic heterocycles. The highest BCUT2D eigenvalue weighted by atomic mass is 31.2. The number of benzene rings is 2. The quantitative estimate of drug-likeness (QED) is 0.400. The topological polar surface area (TPSA) is 117 Å². The third-order valence-electron chi connectivity index (χ3n) is 4.69. The standard InChI is InChI=1S/C19H22N3O4P/c1-26-27(24,25)12-13-10-18(23)22(11-13)17-8-6-15(7-9-17)14-2-4-16(5-3-14)19(20)21/h2-9,13H,10-12H2,1H3,(H3,20,21)(H,24,25). The fourth-order valence-corrected chi connectivity index (χ4v) is 4.28. The third-order valence-corrected chi connectivity index (χ3v) is 6.24. The molecule has 1 heterocycles. The van der Waals surface area contributed by atoms with Gasteiger partial charge < -0.3 is 20.1 Å². The van der Waals surface area contributed by atoms with Crippen molar-refractivity contribution in [2.45, 2.75) is 6.42 Å². The zero-order chi connectivity index (χ0) is 19.6. The molecule has 1 aliphatic rings. The molecule has 27 heavy (non-hydrogen) atoms. The Morgan fingerprint density at radius 2 is 1.78 bits per heavy atom. The van der Waals surface area contributed by atoms with Gasteiger partial charge in [-0.2, -0.15) is 0 Å². The van der Waals surface area contributed by atoms with Gasteiger partial charge >= 0.3 is 7.60 Å². The van der Waals surface area contributed by atoms with E-state index in [0.717, 1.165) is 16.8 Å². The number of nitrogen functional groups attached to an aromatic ring is 1. The molecule has 7 nitrogen and oxygen atoms in total. The van der Waals surface area contributed by atoms with Gasteiger partial charge in [0.25, 0.3) is 0 Å². The van der Waals surface area contributed by atoms with Gasteiger partial charge in [0.2, 0.25) is 5.91 Å². The van der Waals surface area contributed by atoms with Gasteiger partial charge in [0, 0.05) is 31.3 Å². The van der Waals surface area contributed by atoms with E-state index in [9.17, 15) is 14.3 Å². The summed E-state index contributed by atoms with van der Waals surface area (Å²) in [6.07, 6.45) is 0.217. The van der Waals surface area contributed by atoms with Crippen molar-refractivity contribution in [1.82, 2.24) is 0 Å². The smallest absolute Gasteiger partial charge is 0.328 e. The molecule has 2 unspecified atom stereocenters. The molecule has 8 heteroatoms. The molecular weight excluding hydrogens is 365 g/mol. The van der Waals surface area contributed by atoms with Crippen molar-refractivity contribution in [2.24, 2.45) is 11.7 Å². The van der Waals surface area contributed by atoms with E-state index in [2.05, 4.69) is 4.52 Å². The first-order chi connectivity index (χ1) is 12.8. The highest BCUT2D eigenvalue weighted by Gasteiger charge is 2.35. The Kier molecular flexibility index (Phi) is 5.46. The van der Waals surface area contributed by atoms with Crippen LogP contribution in [0.25, 0.3) is 11.1 Å². The molecule has 0 spiro atoms. The summed E-state index contributed by atoms with van der Waals surface area (Å²) in [5.41, 5.74) is 8.86. The summed E-state index contributed by atoms with van der Waals surface area (Å²) in [7, 11) is -2.42. The molecule has 142 valence electrons. The molecule has 2 atom stereocenters. The van der Waals surface area contributed by atoms with E-state index in [-0.39, 0.29) is 30.2 Å². The van der Waals surface area contributed by atoms with Crippen molar-refractivity contribution in [3.05, 3.63) is 54.1 Å². The van der Waals surface area contributed by atoms with Crippen molar-refractivity contribution < 1.29 is 18.8 Å². The van der Waals surface area contributed by atoms with Gasteiger partial charge in [0.1, 0.15) is 5.84 Å². The van der Waals surface area contributed by atoms with Crippen LogP contribution in [0.15, 0.2) is 48.5 Å². The lowest BCUT2D eigenvalue weighted by Crippen LogP contribution is -2.24. The first kappa shape index (κ1) is 19.3. The molecular formula is C19H22N3O4P. The maximum atomic E-state index is 12.3. The van der Waals surface area contributed by atoms with Crippen molar-refractivity contribution in [3.63, 3.8) is 0 Å². The highest BCUT2D eigenvalue weighted by Crippen LogP contribution is 2.45. The van der Waals surface area contributed by atoms with E-state index in [4.69, 9.17) is 11.1 Å². The Morgan fingerprint density at radius 1 is 1.22 bits per heavy atom. The summed E-state index contributed by atoms with van der Waals surface area (Å²) >= 11 is 0. The van der Waals surface area contributed by atoms with Gasteiger partial charge in [-0.15, -0.1) is 0 Å². The number of hydrogen-bond donors (Lipinski definition) is 3. The zero-order valence-electron chi connectivity index (χ0n) is 15.0. The lowest BCUT2D eigenvalue weighted by molar-refractivity contribution is -0.117. The van der Waals surface area contributed by atoms with Crippen molar-refractivity contribution >= 4 is 25.0 Å². The maximum Gasteiger partial charge on any atom is 0.328 e. The van der Waals surface area contributed by atoms with E-state index in [0.29, 0.717) is 12.1 Å². The predicted molar refractivity (Wildman–Crippen MR) is 105 cm³/mol. The minimum absolute atomic E-state index is 0.0215. The summed E-state index contributed by atoms with van der Waals surface area (Å²) in [5.74, 6) is -0.235. The molecule has 0 aliphatic carbocycles. The summed E-state index contributed by atoms with van der Waals surface area (Å²) in [6, 6.07) is 15.0. The molecule has 0 bridgehead atoms. The summed E-state index contributed by atoms with van der Waals surface area (Å²) < 4.78 is 16.4. The van der Waals surface area contributed by atoms with Crippen LogP contribution in [0.1, 0.15) is 12.0 Å². The molecule has 2 aromatic rings. The SMILES string of the molecule is COP(=O)(O)CC1CC(=O)N(c2ccc(-c3ccc(C(=N)N)cc3)cc2)C1. The van der Waals surface area contributed by atoms with Crippen LogP contribution in [0.3, 0.4) is 0 Å². The Bertz CT molecular complexity index is 896. The number of nitrogens with two attached hydrogens (primary N) is 1. The van der Waals surface area contributed by atoms with Gasteiger partial charge in [-0.05, 0) is 29.2 Å². The van der Waals surface area contributed by atoms with Crippen molar-refractivity contribution in [2.75, 3.05) is 24.7 Å². The molecule has 2 aromatic carbocycles. The highest BCUT2D eigenvalue weighted by molar-refractivity contribution is 7.52. The van der Waals surface area contributed by atoms with Crippen LogP contribution in [0.2, 0.25) is 0 Å². The lowest BCUT2D eigenvalue weighted by atomic mass is 10.0. The fraction of sp³-hybridized carbons (Fsp3) is 0.263. The Hall–Kier alpha value is -2.47. The summed E-state index contributed by atoms with van der Waals surface area (Å²) in [4.78, 5) is 23.6. The lowest BCUT2D eigenvalue weighted by Gasteiger charge is -2.18. The number of carbonyl (C=O) groups is 1. The zero-order valence-corrected chi connectivity index (χ0v) is 15.9. The van der Waals surface area contributed by atoms with Crippen LogP contribution in [0, 0.1) is 11.3 Å². The number of anilines is 1. The predicted octanol–water partition coefficient (Wildman–Crippen LogP) is 2.82. The molecule has 4 N–H and O–H groups in total. The second kappa shape index (κ2) is 7.64. The third kappa shape index (κ3) is 4.45. The fourth-order valence-electron chi connectivity index (χ4n) is 3.23. The van der Waals surface area contributed by atoms with Crippen LogP contribution >= 0.6 is 7.60 Å². The molecule has 0 radical (unpaired) electrons. The molecule has 1 saturated heterocycles. The second-order valence-electron chi connectivity index (χ2n) is 6.61. The Morgan fingerprint density at radius 3 is 2.30 bits per heavy atom. The second-order valence-corrected chi connectivity index (χ2v) is 8.62. The molecule has 1 amide bonds. The number of amides is 1. The summed E-state index contributed by atoms with van der Waals surface area (Å²) in [5, 5.41) is 7.44. The Balaban J connectivity index is 1.72. The van der Waals surface area contributed by atoms with E-state index < -0.39 is 7.60 Å². The largest absolute Gasteiger partial charge is 0.384 e. The molecule has 3 rings (SSSR count). The number of amidine groups is 1. The minimum Gasteiger partial charge on any atom is -0.384 e. The van der Waals surface area contributed by atoms with E-state index in [1.165, 1.54) is 7.11 Å². The van der Waals surface area contributed by atoms with Crippen molar-refractivity contribution in [1.29, 1.82) is 5.41 Å². The molecule has 1 fully saturated rings. The number of nitrogens with zero attached hydrogens (tertiary/aromatic N) is 1. The van der Waals surface area contributed by atoms with Gasteiger partial charge in [0.15, 0.2) is 0 Å². The van der Waals surface area contributed by atoms with E-state index in [1.807, 2.05) is 36.4 Å². The number of carbonyl (C=O) groups excluding carboxylic acids is 1. The van der Waals surface area contributed by atoms with E-state index in [1.54, 1.807) is 17.0 Å². The van der Waals surface area contributed by atoms with Crippen LogP contribution < -0.4 is 10.6 Å². The maximum absolute atomic E-state index is 12.3. The Labute approximate surface area is 157 Å². The van der Waals surface area contributed by atoms with E-state index >= 15 is 0 Å². The van der Waals surface area contributed by atoms with Crippen LogP contribution in [-0.4, -0.2) is 36.5 Å². The average Bonchev–Trinajstić information content (AvgIpc) is 3.01.